The molecule has 3 aromatic heterocycles. The highest BCUT2D eigenvalue weighted by Crippen LogP contribution is 2.38. The molecule has 0 spiro atoms. The van der Waals surface area contributed by atoms with Crippen LogP contribution in [0.3, 0.4) is 0 Å². The molecule has 0 aliphatic carbocycles. The van der Waals surface area contributed by atoms with Crippen molar-refractivity contribution in [3.8, 4) is 28.2 Å². The van der Waals surface area contributed by atoms with Crippen LogP contribution in [0.5, 0.6) is 0 Å². The van der Waals surface area contributed by atoms with Gasteiger partial charge in [0.1, 0.15) is 5.82 Å². The van der Waals surface area contributed by atoms with Gasteiger partial charge in [-0.25, -0.2) is 4.98 Å². The maximum atomic E-state index is 13.8. The van der Waals surface area contributed by atoms with E-state index in [0.717, 1.165) is 44.2 Å². The lowest BCUT2D eigenvalue weighted by Gasteiger charge is -2.10. The van der Waals surface area contributed by atoms with Gasteiger partial charge in [0, 0.05) is 32.8 Å². The van der Waals surface area contributed by atoms with Crippen LogP contribution < -0.4 is 5.56 Å². The molecule has 0 aliphatic heterocycles. The van der Waals surface area contributed by atoms with Crippen LogP contribution in [0.1, 0.15) is 0 Å². The van der Waals surface area contributed by atoms with E-state index in [0.29, 0.717) is 11.2 Å². The fourth-order valence-corrected chi connectivity index (χ4v) is 6.59. The molecule has 0 atom stereocenters. The highest BCUT2D eigenvalue weighted by Gasteiger charge is 2.20. The molecule has 9 rings (SSSR count). The fourth-order valence-electron chi connectivity index (χ4n) is 6.59. The Morgan fingerprint density at radius 1 is 0.476 bits per heavy atom. The van der Waals surface area contributed by atoms with Crippen molar-refractivity contribution in [2.45, 2.75) is 0 Å². The van der Waals surface area contributed by atoms with Gasteiger partial charge < -0.3 is 4.57 Å². The molecular weight excluding hydrogens is 514 g/mol. The van der Waals surface area contributed by atoms with Crippen LogP contribution in [0.2, 0.25) is 0 Å². The third-order valence-electron chi connectivity index (χ3n) is 8.45. The lowest BCUT2D eigenvalue weighted by Crippen LogP contribution is -2.14. The molecule has 0 aliphatic rings. The fraction of sp³-hybridized carbons (Fsp3) is 0. The van der Waals surface area contributed by atoms with E-state index in [1.807, 2.05) is 60.7 Å². The summed E-state index contributed by atoms with van der Waals surface area (Å²) in [6.45, 7) is 0. The van der Waals surface area contributed by atoms with Crippen LogP contribution in [-0.2, 0) is 0 Å². The van der Waals surface area contributed by atoms with Gasteiger partial charge in [0.2, 0.25) is 0 Å². The predicted molar refractivity (Wildman–Crippen MR) is 173 cm³/mol. The summed E-state index contributed by atoms with van der Waals surface area (Å²) in [5, 5.41) is 5.08. The number of imidazole rings is 1. The molecule has 0 N–H and O–H groups in total. The highest BCUT2D eigenvalue weighted by molar-refractivity contribution is 6.14. The van der Waals surface area contributed by atoms with E-state index in [9.17, 15) is 4.79 Å². The first-order valence-electron chi connectivity index (χ1n) is 14.1. The Bertz CT molecular complexity index is 2530. The number of hydrogen-bond donors (Lipinski definition) is 0. The molecule has 4 nitrogen and oxygen atoms in total. The van der Waals surface area contributed by atoms with Crippen molar-refractivity contribution in [2.75, 3.05) is 0 Å². The molecule has 0 bridgehead atoms. The van der Waals surface area contributed by atoms with Crippen molar-refractivity contribution >= 4 is 49.0 Å². The van der Waals surface area contributed by atoms with Gasteiger partial charge in [-0.1, -0.05) is 91.0 Å². The molecule has 3 heterocycles. The van der Waals surface area contributed by atoms with Crippen molar-refractivity contribution in [2.24, 2.45) is 0 Å². The molecular formula is C38H23N3O. The van der Waals surface area contributed by atoms with Gasteiger partial charge in [-0.15, -0.1) is 0 Å². The van der Waals surface area contributed by atoms with E-state index in [1.54, 1.807) is 4.40 Å². The molecule has 0 radical (unpaired) electrons. The predicted octanol–water partition coefficient (Wildman–Crippen LogP) is 8.87. The summed E-state index contributed by atoms with van der Waals surface area (Å²) < 4.78 is 4.12. The van der Waals surface area contributed by atoms with Crippen molar-refractivity contribution < 1.29 is 0 Å². The maximum absolute atomic E-state index is 13.8. The van der Waals surface area contributed by atoms with E-state index >= 15 is 0 Å². The summed E-state index contributed by atoms with van der Waals surface area (Å²) in [5.74, 6) is 0.671. The van der Waals surface area contributed by atoms with Crippen LogP contribution in [-0.4, -0.2) is 14.0 Å². The topological polar surface area (TPSA) is 39.3 Å². The Kier molecular flexibility index (Phi) is 4.73. The number of fused-ring (bicyclic) bond motifs is 5. The molecule has 0 amide bonds. The lowest BCUT2D eigenvalue weighted by molar-refractivity contribution is 1.13. The van der Waals surface area contributed by atoms with Gasteiger partial charge in [-0.3, -0.25) is 9.20 Å². The minimum atomic E-state index is -0.0395. The second-order valence-corrected chi connectivity index (χ2v) is 10.8. The molecule has 0 saturated carbocycles. The zero-order chi connectivity index (χ0) is 27.8. The quantitative estimate of drug-likeness (QED) is 0.211. The Hall–Kier alpha value is -5.74. The highest BCUT2D eigenvalue weighted by atomic mass is 16.1. The number of benzene rings is 6. The summed E-state index contributed by atoms with van der Waals surface area (Å²) in [7, 11) is 0. The number of nitrogens with zero attached hydrogens (tertiary/aromatic N) is 3. The maximum Gasteiger partial charge on any atom is 0.264 e. The standard InChI is InChI=1S/C38H23N3O/c42-38-30-17-8-7-15-28(30)32-22-26(23-33-36(32)41(38)37(39-33)24-11-3-1-4-12-24)25-19-20-35-31(21-25)29-16-9-10-18-34(29)40(35)27-13-5-2-6-14-27/h1-23H. The molecule has 42 heavy (non-hydrogen) atoms. The van der Waals surface area contributed by atoms with Crippen LogP contribution >= 0.6 is 0 Å². The van der Waals surface area contributed by atoms with Crippen LogP contribution in [0.15, 0.2) is 144 Å². The van der Waals surface area contributed by atoms with Crippen LogP contribution in [0.25, 0.3) is 77.2 Å². The van der Waals surface area contributed by atoms with Gasteiger partial charge in [0.25, 0.3) is 5.56 Å². The number of pyridine rings is 1. The second kappa shape index (κ2) is 8.63. The van der Waals surface area contributed by atoms with Gasteiger partial charge >= 0.3 is 0 Å². The van der Waals surface area contributed by atoms with E-state index in [4.69, 9.17) is 4.98 Å². The molecule has 4 heteroatoms. The SMILES string of the molecule is O=c1c2ccccc2c2cc(-c3ccc4c(c3)c3ccccc3n4-c3ccccc3)cc3nc(-c4ccccc4)n1c32. The third kappa shape index (κ3) is 3.17. The summed E-state index contributed by atoms with van der Waals surface area (Å²) in [6.07, 6.45) is 0. The Morgan fingerprint density at radius 3 is 1.93 bits per heavy atom. The Labute approximate surface area is 240 Å². The number of hydrogen-bond acceptors (Lipinski definition) is 2. The van der Waals surface area contributed by atoms with Gasteiger partial charge in [-0.2, -0.15) is 0 Å². The van der Waals surface area contributed by atoms with Crippen LogP contribution in [0.4, 0.5) is 0 Å². The average Bonchev–Trinajstić information content (AvgIpc) is 3.61. The summed E-state index contributed by atoms with van der Waals surface area (Å²) in [6, 6.07) is 48.0. The number of para-hydroxylation sites is 2. The first kappa shape index (κ1) is 23.0. The van der Waals surface area contributed by atoms with Crippen molar-refractivity contribution in [1.29, 1.82) is 0 Å². The lowest BCUT2D eigenvalue weighted by atomic mass is 9.98. The molecule has 0 fully saturated rings. The average molecular weight is 538 g/mol. The summed E-state index contributed by atoms with van der Waals surface area (Å²) in [4.78, 5) is 18.9. The number of rotatable bonds is 3. The molecule has 6 aromatic carbocycles. The van der Waals surface area contributed by atoms with Gasteiger partial charge in [0.05, 0.1) is 22.1 Å². The first-order chi connectivity index (χ1) is 20.8. The van der Waals surface area contributed by atoms with E-state index < -0.39 is 0 Å². The minimum absolute atomic E-state index is 0.0395. The normalized spacial score (nSPS) is 11.9. The van der Waals surface area contributed by atoms with Crippen molar-refractivity contribution in [3.63, 3.8) is 0 Å². The Morgan fingerprint density at radius 2 is 1.12 bits per heavy atom. The Balaban J connectivity index is 1.35. The van der Waals surface area contributed by atoms with Crippen LogP contribution in [0, 0.1) is 0 Å². The zero-order valence-electron chi connectivity index (χ0n) is 22.5. The summed E-state index contributed by atoms with van der Waals surface area (Å²) in [5.41, 5.74) is 8.24. The van der Waals surface area contributed by atoms with Crippen molar-refractivity contribution in [1.82, 2.24) is 14.0 Å². The monoisotopic (exact) mass is 537 g/mol. The molecule has 0 saturated heterocycles. The van der Waals surface area contributed by atoms with Gasteiger partial charge in [0.15, 0.2) is 0 Å². The molecule has 9 aromatic rings. The van der Waals surface area contributed by atoms with E-state index in [-0.39, 0.29) is 5.56 Å². The molecule has 196 valence electrons. The minimum Gasteiger partial charge on any atom is -0.309 e. The first-order valence-corrected chi connectivity index (χ1v) is 14.1. The third-order valence-corrected chi connectivity index (χ3v) is 8.45. The van der Waals surface area contributed by atoms with Crippen molar-refractivity contribution in [3.05, 3.63) is 150 Å². The summed E-state index contributed by atoms with van der Waals surface area (Å²) >= 11 is 0. The largest absolute Gasteiger partial charge is 0.309 e. The second-order valence-electron chi connectivity index (χ2n) is 10.8. The van der Waals surface area contributed by atoms with E-state index in [2.05, 4.69) is 83.4 Å². The van der Waals surface area contributed by atoms with E-state index in [1.165, 1.54) is 21.8 Å². The smallest absolute Gasteiger partial charge is 0.264 e. The number of aromatic nitrogens is 3. The zero-order valence-corrected chi connectivity index (χ0v) is 22.5. The molecule has 0 unspecified atom stereocenters. The van der Waals surface area contributed by atoms with Gasteiger partial charge in [-0.05, 0) is 65.0 Å².